The Kier molecular flexibility index (Phi) is 11.2. The predicted molar refractivity (Wildman–Crippen MR) is 238 cm³/mol. The molecule has 3 aromatic carbocycles. The number of ether oxygens (including phenoxy) is 3. The molecular formula is C48H59N3O9Si. The maximum Gasteiger partial charge on any atom is 0.415 e. The number of aryl methyl sites for hydroxylation is 1. The van der Waals surface area contributed by atoms with Crippen LogP contribution in [0.15, 0.2) is 71.3 Å². The summed E-state index contributed by atoms with van der Waals surface area (Å²) in [6.45, 7) is 21.7. The normalized spacial score (nSPS) is 21.4. The van der Waals surface area contributed by atoms with Gasteiger partial charge < -0.3 is 28.3 Å². The Hall–Kier alpha value is -5.24. The van der Waals surface area contributed by atoms with Crippen molar-refractivity contribution >= 4 is 48.2 Å². The Morgan fingerprint density at radius 3 is 2.33 bits per heavy atom. The molecule has 1 saturated carbocycles. The largest absolute Gasteiger partial charge is 0.507 e. The molecule has 1 fully saturated rings. The van der Waals surface area contributed by atoms with E-state index in [9.17, 15) is 9.90 Å². The lowest BCUT2D eigenvalue weighted by molar-refractivity contribution is -0.140. The molecular weight excluding hydrogens is 791 g/mol. The van der Waals surface area contributed by atoms with E-state index in [1.807, 2.05) is 108 Å². The van der Waals surface area contributed by atoms with Crippen molar-refractivity contribution in [3.05, 3.63) is 100 Å². The van der Waals surface area contributed by atoms with Gasteiger partial charge in [0.05, 0.1) is 18.8 Å². The lowest BCUT2D eigenvalue weighted by Gasteiger charge is -2.55. The summed E-state index contributed by atoms with van der Waals surface area (Å²) in [7, 11) is 2.38. The van der Waals surface area contributed by atoms with Crippen LogP contribution >= 0.6 is 0 Å². The molecule has 0 aliphatic heterocycles. The number of ketones is 2. The van der Waals surface area contributed by atoms with Crippen LogP contribution in [0.5, 0.6) is 11.6 Å². The fraction of sp³-hybridized carbons (Fsp3) is 0.458. The number of aliphatic hydroxyl groups excluding tert-OH is 1. The summed E-state index contributed by atoms with van der Waals surface area (Å²) in [5, 5.41) is 18.2. The topological polar surface area (TPSA) is 141 Å². The van der Waals surface area contributed by atoms with Crippen molar-refractivity contribution in [2.24, 2.45) is 11.8 Å². The summed E-state index contributed by atoms with van der Waals surface area (Å²) in [5.74, 6) is -1.88. The van der Waals surface area contributed by atoms with Crippen LogP contribution in [-0.4, -0.2) is 80.1 Å². The predicted octanol–water partition coefficient (Wildman–Crippen LogP) is 9.94. The van der Waals surface area contributed by atoms with E-state index >= 15 is 9.59 Å². The second kappa shape index (κ2) is 15.6. The zero-order valence-corrected chi connectivity index (χ0v) is 38.5. The number of hydrogen-bond donors (Lipinski definition) is 1. The number of rotatable bonds is 10. The first-order valence-electron chi connectivity index (χ1n) is 20.9. The highest BCUT2D eigenvalue weighted by Crippen LogP contribution is 2.60. The van der Waals surface area contributed by atoms with E-state index in [0.717, 1.165) is 10.9 Å². The zero-order valence-electron chi connectivity index (χ0n) is 37.5. The van der Waals surface area contributed by atoms with Crippen molar-refractivity contribution in [1.82, 2.24) is 10.1 Å². The Balaban J connectivity index is 1.50. The van der Waals surface area contributed by atoms with Crippen LogP contribution in [-0.2, 0) is 27.0 Å². The van der Waals surface area contributed by atoms with Gasteiger partial charge >= 0.3 is 6.09 Å². The van der Waals surface area contributed by atoms with Crippen molar-refractivity contribution < 1.29 is 42.6 Å². The van der Waals surface area contributed by atoms with E-state index in [1.165, 1.54) is 0 Å². The van der Waals surface area contributed by atoms with Crippen LogP contribution in [0, 0.1) is 18.8 Å². The summed E-state index contributed by atoms with van der Waals surface area (Å²) in [4.78, 5) is 49.4. The molecule has 3 aliphatic carbocycles. The van der Waals surface area contributed by atoms with Crippen LogP contribution < -0.4 is 14.4 Å². The van der Waals surface area contributed by atoms with E-state index in [4.69, 9.17) is 23.2 Å². The summed E-state index contributed by atoms with van der Waals surface area (Å²) in [6, 6.07) is 14.5. The molecule has 61 heavy (non-hydrogen) atoms. The molecule has 4 atom stereocenters. The summed E-state index contributed by atoms with van der Waals surface area (Å²) in [5.41, 5.74) is 0.529. The van der Waals surface area contributed by atoms with Gasteiger partial charge in [0.15, 0.2) is 19.7 Å². The van der Waals surface area contributed by atoms with Gasteiger partial charge in [0.2, 0.25) is 11.6 Å². The number of benzene rings is 3. The quantitative estimate of drug-likeness (QED) is 0.0926. The van der Waals surface area contributed by atoms with Gasteiger partial charge in [-0.05, 0) is 124 Å². The number of Topliss-reactive ketones (excluding diaryl/α,β-unsaturated/α-hetero) is 2. The average Bonchev–Trinajstić information content (AvgIpc) is 3.60. The molecule has 1 amide bonds. The smallest absolute Gasteiger partial charge is 0.415 e. The minimum Gasteiger partial charge on any atom is -0.507 e. The van der Waals surface area contributed by atoms with Crippen molar-refractivity contribution in [2.75, 3.05) is 32.6 Å². The number of aromatic nitrogens is 1. The highest BCUT2D eigenvalue weighted by molar-refractivity contribution is 6.74. The number of amides is 1. The van der Waals surface area contributed by atoms with Crippen molar-refractivity contribution in [2.45, 2.75) is 103 Å². The average molecular weight is 850 g/mol. The van der Waals surface area contributed by atoms with Gasteiger partial charge in [-0.15, -0.1) is 6.58 Å². The SMILES string of the molecule is C=CCN(C(=O)OC(C)(C)C)c1c2c(c(C)c3cc(OC)ccc13)C(O)=C1C(=O)[C@]3(O[Si](C)(C)C(C)(C)C)C(=O)c4c(OCc5ccccc5)noc4[C@@H](N(C)C)[C@@H]3C[C@@H]1C2. The zero-order chi connectivity index (χ0) is 44.6. The van der Waals surface area contributed by atoms with Crippen LogP contribution in [0.25, 0.3) is 16.5 Å². The summed E-state index contributed by atoms with van der Waals surface area (Å²) >= 11 is 0. The Labute approximate surface area is 359 Å². The minimum atomic E-state index is -2.96. The number of fused-ring (bicyclic) bond motifs is 5. The number of hydrogen-bond acceptors (Lipinski definition) is 11. The maximum absolute atomic E-state index is 16.0. The van der Waals surface area contributed by atoms with Gasteiger partial charge in [0.25, 0.3) is 5.88 Å². The van der Waals surface area contributed by atoms with E-state index in [0.29, 0.717) is 39.3 Å². The first-order chi connectivity index (χ1) is 28.6. The highest BCUT2D eigenvalue weighted by atomic mass is 28.4. The second-order valence-electron chi connectivity index (χ2n) is 19.3. The lowest BCUT2D eigenvalue weighted by atomic mass is 9.57. The molecule has 3 aliphatic rings. The minimum absolute atomic E-state index is 0.0140. The van der Waals surface area contributed by atoms with Crippen molar-refractivity contribution in [3.63, 3.8) is 0 Å². The van der Waals surface area contributed by atoms with E-state index in [-0.39, 0.29) is 48.8 Å². The molecule has 1 N–H and O–H groups in total. The molecule has 12 nitrogen and oxygen atoms in total. The van der Waals surface area contributed by atoms with Crippen LogP contribution in [0.2, 0.25) is 18.1 Å². The maximum atomic E-state index is 16.0. The molecule has 0 spiro atoms. The van der Waals surface area contributed by atoms with Crippen LogP contribution in [0.1, 0.15) is 92.4 Å². The fourth-order valence-corrected chi connectivity index (χ4v) is 10.6. The Morgan fingerprint density at radius 2 is 1.72 bits per heavy atom. The van der Waals surface area contributed by atoms with Crippen molar-refractivity contribution in [1.29, 1.82) is 0 Å². The first-order valence-corrected chi connectivity index (χ1v) is 23.8. The van der Waals surface area contributed by atoms with Gasteiger partial charge in [-0.1, -0.05) is 57.2 Å². The van der Waals surface area contributed by atoms with Gasteiger partial charge in [0.1, 0.15) is 29.3 Å². The third-order valence-corrected chi connectivity index (χ3v) is 17.4. The standard InChI is InChI=1S/C48H59N3O9Si/c1-14-22-51(45(55)58-46(3,4)5)38-31-21-20-30(56-11)25-32(31)27(2)35-33(38)23-29-24-34-39(50(9)10)41-37(44(49-59-41)57-26-28-18-16-15-17-19-28)43(54)48(34,42(53)36(29)40(35)52)60-61(12,13)47(6,7)8/h14-21,25,29,34,39,52H,1,22-24,26H2,2-13H3/t29-,34-,39-,48-/m0/s1. The highest BCUT2D eigenvalue weighted by Gasteiger charge is 2.69. The molecule has 0 bridgehead atoms. The van der Waals surface area contributed by atoms with E-state index in [2.05, 4.69) is 32.5 Å². The van der Waals surface area contributed by atoms with E-state index in [1.54, 1.807) is 18.1 Å². The van der Waals surface area contributed by atoms with E-state index < -0.39 is 60.1 Å². The lowest BCUT2D eigenvalue weighted by Crippen LogP contribution is -2.68. The molecule has 0 radical (unpaired) electrons. The molecule has 13 heteroatoms. The van der Waals surface area contributed by atoms with Crippen molar-refractivity contribution in [3.8, 4) is 11.6 Å². The summed E-state index contributed by atoms with van der Waals surface area (Å²) < 4.78 is 31.2. The van der Waals surface area contributed by atoms with Gasteiger partial charge in [-0.25, -0.2) is 4.79 Å². The number of anilines is 1. The number of carbonyl (C=O) groups excluding carboxylic acids is 3. The number of carbonyl (C=O) groups is 3. The molecule has 324 valence electrons. The molecule has 1 heterocycles. The third kappa shape index (κ3) is 7.27. The number of methoxy groups -OCH3 is 1. The number of aliphatic hydroxyl groups is 1. The van der Waals surface area contributed by atoms with Crippen LogP contribution in [0.4, 0.5) is 10.5 Å². The van der Waals surface area contributed by atoms with Gasteiger partial charge in [-0.3, -0.25) is 19.4 Å². The third-order valence-electron chi connectivity index (χ3n) is 12.9. The molecule has 7 rings (SSSR count). The molecule has 0 unspecified atom stereocenters. The Bertz CT molecular complexity index is 2460. The summed E-state index contributed by atoms with van der Waals surface area (Å²) in [6.07, 6.45) is 1.58. The molecule has 1 aromatic heterocycles. The van der Waals surface area contributed by atoms with Crippen LogP contribution in [0.3, 0.4) is 0 Å². The van der Waals surface area contributed by atoms with Gasteiger partial charge in [0, 0.05) is 29.0 Å². The Morgan fingerprint density at radius 1 is 1.03 bits per heavy atom. The molecule has 0 saturated heterocycles. The first kappa shape index (κ1) is 43.8. The fourth-order valence-electron chi connectivity index (χ4n) is 9.18. The second-order valence-corrected chi connectivity index (χ2v) is 24.0. The number of nitrogens with zero attached hydrogens (tertiary/aromatic N) is 3. The monoisotopic (exact) mass is 849 g/mol. The van der Waals surface area contributed by atoms with Gasteiger partial charge in [-0.2, -0.15) is 0 Å². The molecule has 4 aromatic rings.